The molecule has 0 atom stereocenters. The van der Waals surface area contributed by atoms with Crippen LogP contribution in [0.1, 0.15) is 34.6 Å². The van der Waals surface area contributed by atoms with Gasteiger partial charge in [-0.2, -0.15) is 0 Å². The van der Waals surface area contributed by atoms with Crippen molar-refractivity contribution in [2.24, 2.45) is 0 Å². The number of Topliss-reactive ketones (excluding diaryl/α,β-unsaturated/α-hetero) is 1. The Morgan fingerprint density at radius 1 is 0.786 bits per heavy atom. The van der Waals surface area contributed by atoms with Gasteiger partial charge < -0.3 is 23.7 Å². The first kappa shape index (κ1) is 21.1. The Morgan fingerprint density at radius 2 is 1.32 bits per heavy atom. The lowest BCUT2D eigenvalue weighted by Gasteiger charge is -2.14. The molecule has 0 fully saturated rings. The number of hydrogen-bond donors (Lipinski definition) is 0. The third-order valence-electron chi connectivity index (χ3n) is 3.80. The summed E-state index contributed by atoms with van der Waals surface area (Å²) in [5.74, 6) is 0.867. The molecule has 28 heavy (non-hydrogen) atoms. The molecule has 0 saturated carbocycles. The minimum atomic E-state index is -0.636. The molecule has 7 heteroatoms. The van der Waals surface area contributed by atoms with Gasteiger partial charge in [0.2, 0.25) is 0 Å². The summed E-state index contributed by atoms with van der Waals surface area (Å²) in [6, 6.07) is 9.44. The molecule has 0 aliphatic carbocycles. The number of esters is 1. The lowest BCUT2D eigenvalue weighted by atomic mass is 10.1. The van der Waals surface area contributed by atoms with E-state index >= 15 is 0 Å². The molecule has 150 valence electrons. The van der Waals surface area contributed by atoms with Crippen LogP contribution in [0.4, 0.5) is 0 Å². The van der Waals surface area contributed by atoms with Crippen molar-refractivity contribution < 1.29 is 33.3 Å². The third kappa shape index (κ3) is 5.16. The topological polar surface area (TPSA) is 80.3 Å². The summed E-state index contributed by atoms with van der Waals surface area (Å²) in [6.45, 7) is 3.38. The zero-order valence-corrected chi connectivity index (χ0v) is 16.6. The number of methoxy groups -OCH3 is 3. The van der Waals surface area contributed by atoms with Crippen molar-refractivity contribution >= 4 is 11.8 Å². The summed E-state index contributed by atoms with van der Waals surface area (Å²) < 4.78 is 26.3. The van der Waals surface area contributed by atoms with Crippen LogP contribution in [0.25, 0.3) is 0 Å². The van der Waals surface area contributed by atoms with Gasteiger partial charge in [0.05, 0.1) is 33.0 Å². The molecule has 2 aromatic rings. The fourth-order valence-electron chi connectivity index (χ4n) is 2.45. The standard InChI is InChI=1S/C21H24O7/c1-13(2)28-18-9-7-15(11-20(18)26-5)21(23)27-12-16(22)14-6-8-17(24-3)19(10-14)25-4/h6-11,13H,12H2,1-5H3. The summed E-state index contributed by atoms with van der Waals surface area (Å²) in [7, 11) is 4.47. The van der Waals surface area contributed by atoms with Crippen LogP contribution in [0.5, 0.6) is 23.0 Å². The van der Waals surface area contributed by atoms with Gasteiger partial charge in [-0.05, 0) is 50.2 Å². The van der Waals surface area contributed by atoms with Gasteiger partial charge in [-0.25, -0.2) is 4.79 Å². The molecule has 7 nitrogen and oxygen atoms in total. The van der Waals surface area contributed by atoms with E-state index in [1.165, 1.54) is 33.5 Å². The quantitative estimate of drug-likeness (QED) is 0.480. The molecule has 0 amide bonds. The van der Waals surface area contributed by atoms with Crippen LogP contribution in [0.3, 0.4) is 0 Å². The highest BCUT2D eigenvalue weighted by Gasteiger charge is 2.16. The number of ether oxygens (including phenoxy) is 5. The molecule has 2 aromatic carbocycles. The highest BCUT2D eigenvalue weighted by Crippen LogP contribution is 2.30. The molecular weight excluding hydrogens is 364 g/mol. The third-order valence-corrected chi connectivity index (χ3v) is 3.80. The molecule has 2 rings (SSSR count). The van der Waals surface area contributed by atoms with E-state index in [0.29, 0.717) is 28.6 Å². The molecule has 0 unspecified atom stereocenters. The largest absolute Gasteiger partial charge is 0.493 e. The predicted octanol–water partition coefficient (Wildman–Crippen LogP) is 3.54. The van der Waals surface area contributed by atoms with Crippen LogP contribution in [0.2, 0.25) is 0 Å². The SMILES string of the molecule is COc1ccc(C(=O)COC(=O)c2ccc(OC(C)C)c(OC)c2)cc1OC. The van der Waals surface area contributed by atoms with Crippen molar-refractivity contribution in [1.82, 2.24) is 0 Å². The molecule has 0 aliphatic rings. The van der Waals surface area contributed by atoms with Gasteiger partial charge >= 0.3 is 5.97 Å². The van der Waals surface area contributed by atoms with Crippen molar-refractivity contribution in [2.75, 3.05) is 27.9 Å². The lowest BCUT2D eigenvalue weighted by Crippen LogP contribution is -2.15. The summed E-state index contributed by atoms with van der Waals surface area (Å²) in [4.78, 5) is 24.6. The van der Waals surface area contributed by atoms with Crippen LogP contribution in [0, 0.1) is 0 Å². The Balaban J connectivity index is 2.06. The van der Waals surface area contributed by atoms with Gasteiger partial charge in [0.25, 0.3) is 0 Å². The van der Waals surface area contributed by atoms with Crippen molar-refractivity contribution in [3.05, 3.63) is 47.5 Å². The summed E-state index contributed by atoms with van der Waals surface area (Å²) in [5.41, 5.74) is 0.608. The molecule has 0 aromatic heterocycles. The zero-order chi connectivity index (χ0) is 20.7. The first-order valence-corrected chi connectivity index (χ1v) is 8.66. The summed E-state index contributed by atoms with van der Waals surface area (Å²) in [5, 5.41) is 0. The van der Waals surface area contributed by atoms with E-state index in [1.54, 1.807) is 24.3 Å². The Morgan fingerprint density at radius 3 is 1.93 bits per heavy atom. The fraction of sp³-hybridized carbons (Fsp3) is 0.333. The second-order valence-corrected chi connectivity index (χ2v) is 6.10. The van der Waals surface area contributed by atoms with Crippen molar-refractivity contribution in [1.29, 1.82) is 0 Å². The maximum absolute atomic E-state index is 12.3. The molecule has 0 bridgehead atoms. The average molecular weight is 388 g/mol. The van der Waals surface area contributed by atoms with Gasteiger partial charge in [0.15, 0.2) is 35.4 Å². The minimum Gasteiger partial charge on any atom is -0.493 e. The van der Waals surface area contributed by atoms with Crippen molar-refractivity contribution in [3.8, 4) is 23.0 Å². The highest BCUT2D eigenvalue weighted by molar-refractivity contribution is 6.00. The number of ketones is 1. The summed E-state index contributed by atoms with van der Waals surface area (Å²) in [6.07, 6.45) is -0.0363. The second kappa shape index (κ2) is 9.64. The monoisotopic (exact) mass is 388 g/mol. The van der Waals surface area contributed by atoms with Gasteiger partial charge in [-0.3, -0.25) is 4.79 Å². The molecule has 0 heterocycles. The Hall–Kier alpha value is -3.22. The van der Waals surface area contributed by atoms with Crippen LogP contribution >= 0.6 is 0 Å². The number of carbonyl (C=O) groups is 2. The van der Waals surface area contributed by atoms with Crippen LogP contribution in [0.15, 0.2) is 36.4 Å². The normalized spacial score (nSPS) is 10.4. The van der Waals surface area contributed by atoms with Crippen molar-refractivity contribution in [2.45, 2.75) is 20.0 Å². The molecule has 0 saturated heterocycles. The fourth-order valence-corrected chi connectivity index (χ4v) is 2.45. The average Bonchev–Trinajstić information content (AvgIpc) is 2.70. The Kier molecular flexibility index (Phi) is 7.26. The smallest absolute Gasteiger partial charge is 0.338 e. The van der Waals surface area contributed by atoms with Gasteiger partial charge in [0.1, 0.15) is 0 Å². The molecule has 0 spiro atoms. The number of hydrogen-bond acceptors (Lipinski definition) is 7. The van der Waals surface area contributed by atoms with Gasteiger partial charge in [0, 0.05) is 5.56 Å². The van der Waals surface area contributed by atoms with Crippen LogP contribution in [-0.4, -0.2) is 45.8 Å². The zero-order valence-electron chi connectivity index (χ0n) is 16.6. The van der Waals surface area contributed by atoms with Gasteiger partial charge in [-0.1, -0.05) is 0 Å². The molecule has 0 radical (unpaired) electrons. The maximum Gasteiger partial charge on any atom is 0.338 e. The van der Waals surface area contributed by atoms with E-state index in [1.807, 2.05) is 13.8 Å². The van der Waals surface area contributed by atoms with E-state index < -0.39 is 12.6 Å². The van der Waals surface area contributed by atoms with Crippen LogP contribution < -0.4 is 18.9 Å². The molecule has 0 N–H and O–H groups in total. The predicted molar refractivity (Wildman–Crippen MR) is 103 cm³/mol. The Bertz CT molecular complexity index is 843. The lowest BCUT2D eigenvalue weighted by molar-refractivity contribution is 0.0474. The van der Waals surface area contributed by atoms with E-state index in [4.69, 9.17) is 23.7 Å². The minimum absolute atomic E-state index is 0.0363. The maximum atomic E-state index is 12.3. The van der Waals surface area contributed by atoms with E-state index in [-0.39, 0.29) is 17.5 Å². The van der Waals surface area contributed by atoms with E-state index in [9.17, 15) is 9.59 Å². The molecular formula is C21H24O7. The molecule has 0 aliphatic heterocycles. The second-order valence-electron chi connectivity index (χ2n) is 6.10. The first-order chi connectivity index (χ1) is 13.4. The number of benzene rings is 2. The van der Waals surface area contributed by atoms with Gasteiger partial charge in [-0.15, -0.1) is 0 Å². The first-order valence-electron chi connectivity index (χ1n) is 8.66. The van der Waals surface area contributed by atoms with Crippen molar-refractivity contribution in [3.63, 3.8) is 0 Å². The van der Waals surface area contributed by atoms with E-state index in [0.717, 1.165) is 0 Å². The highest BCUT2D eigenvalue weighted by atomic mass is 16.5. The van der Waals surface area contributed by atoms with Crippen LogP contribution in [-0.2, 0) is 4.74 Å². The summed E-state index contributed by atoms with van der Waals surface area (Å²) >= 11 is 0. The number of carbonyl (C=O) groups excluding carboxylic acids is 2. The number of rotatable bonds is 9. The Labute approximate surface area is 164 Å². The van der Waals surface area contributed by atoms with E-state index in [2.05, 4.69) is 0 Å².